The van der Waals surface area contributed by atoms with Gasteiger partial charge in [-0.15, -0.1) is 0 Å². The zero-order valence-electron chi connectivity index (χ0n) is 12.9. The molecule has 0 aliphatic carbocycles. The molecule has 0 aromatic heterocycles. The first-order valence-electron chi connectivity index (χ1n) is 7.02. The Morgan fingerprint density at radius 2 is 1.88 bits per heavy atom. The minimum Gasteiger partial charge on any atom is -0.464 e. The number of halogens is 4. The van der Waals surface area contributed by atoms with Crippen molar-refractivity contribution in [1.29, 1.82) is 0 Å². The Bertz CT molecular complexity index is 603. The summed E-state index contributed by atoms with van der Waals surface area (Å²) in [7, 11) is 0.913. The van der Waals surface area contributed by atoms with E-state index in [1.165, 1.54) is 0 Å². The van der Waals surface area contributed by atoms with E-state index in [0.29, 0.717) is 34.5 Å². The van der Waals surface area contributed by atoms with Crippen LogP contribution in [-0.2, 0) is 14.3 Å². The summed E-state index contributed by atoms with van der Waals surface area (Å²) in [5.41, 5.74) is 0.449. The summed E-state index contributed by atoms with van der Waals surface area (Å²) < 4.78 is 37.0. The zero-order chi connectivity index (χ0) is 18.2. The van der Waals surface area contributed by atoms with E-state index in [4.69, 9.17) is 4.74 Å². The molecule has 1 aromatic rings. The summed E-state index contributed by atoms with van der Waals surface area (Å²) >= 11 is 5.03. The first-order chi connectivity index (χ1) is 11.3. The van der Waals surface area contributed by atoms with Gasteiger partial charge >= 0.3 is 17.9 Å². The molecule has 0 saturated carbocycles. The average Bonchev–Trinajstić information content (AvgIpc) is 2.53. The highest BCUT2D eigenvalue weighted by atomic mass is 127. The normalized spacial score (nSPS) is 12.0. The van der Waals surface area contributed by atoms with E-state index >= 15 is 0 Å². The lowest BCUT2D eigenvalue weighted by Crippen LogP contribution is -2.27. The van der Waals surface area contributed by atoms with Gasteiger partial charge in [0, 0.05) is 10.5 Å². The van der Waals surface area contributed by atoms with Gasteiger partial charge in [0.05, 0.1) is 19.3 Å². The van der Waals surface area contributed by atoms with Gasteiger partial charge in [-0.05, 0) is 69.7 Å². The monoisotopic (exact) mass is 516 g/mol. The lowest BCUT2D eigenvalue weighted by Gasteiger charge is -2.10. The van der Waals surface area contributed by atoms with Gasteiger partial charge in [-0.25, -0.2) is 9.59 Å². The van der Waals surface area contributed by atoms with E-state index < -0.39 is 17.9 Å². The quantitative estimate of drug-likeness (QED) is 0.280. The van der Waals surface area contributed by atoms with Crippen LogP contribution in [0, 0.1) is 0 Å². The maximum Gasteiger partial charge on any atom is 0.381 e. The Hall–Kier alpha value is -1.03. The van der Waals surface area contributed by atoms with Gasteiger partial charge < -0.3 is 9.47 Å². The van der Waals surface area contributed by atoms with Crippen LogP contribution < -0.4 is 0 Å². The van der Waals surface area contributed by atoms with Gasteiger partial charge in [0.1, 0.15) is 0 Å². The summed E-state index contributed by atoms with van der Waals surface area (Å²) in [5.74, 6) is -5.63. The van der Waals surface area contributed by atoms with Crippen molar-refractivity contribution in [2.24, 2.45) is 0 Å². The minimum absolute atomic E-state index is 0.201. The average molecular weight is 517 g/mol. The predicted octanol–water partition coefficient (Wildman–Crippen LogP) is 4.90. The molecular weight excluding hydrogens is 501 g/mol. The van der Waals surface area contributed by atoms with Crippen molar-refractivity contribution in [3.05, 3.63) is 44.0 Å². The number of unbranched alkanes of at least 4 members (excludes halogenated alkanes) is 1. The number of allylic oxidation sites excluding steroid dienone is 1. The van der Waals surface area contributed by atoms with E-state index in [1.54, 1.807) is 46.9 Å². The van der Waals surface area contributed by atoms with Crippen LogP contribution in [0.2, 0.25) is 0 Å². The first kappa shape index (κ1) is 21.0. The summed E-state index contributed by atoms with van der Waals surface area (Å²) in [5, 5.41) is 0. The van der Waals surface area contributed by atoms with Gasteiger partial charge in [0.2, 0.25) is 0 Å². The summed E-state index contributed by atoms with van der Waals surface area (Å²) in [6.45, 7) is 0.201. The number of alkyl halides is 2. The van der Waals surface area contributed by atoms with Crippen LogP contribution in [0.3, 0.4) is 0 Å². The van der Waals surface area contributed by atoms with Crippen LogP contribution in [0.5, 0.6) is 0 Å². The molecule has 1 aromatic carbocycles. The molecule has 24 heavy (non-hydrogen) atoms. The van der Waals surface area contributed by atoms with Crippen molar-refractivity contribution in [2.45, 2.75) is 25.2 Å². The molecule has 0 amide bonds. The third-order valence-electron chi connectivity index (χ3n) is 2.92. The Labute approximate surface area is 160 Å². The van der Waals surface area contributed by atoms with Crippen LogP contribution in [-0.4, -0.2) is 31.6 Å². The van der Waals surface area contributed by atoms with Crippen LogP contribution in [0.25, 0.3) is 0 Å². The van der Waals surface area contributed by atoms with E-state index in [0.717, 1.165) is 11.6 Å². The fraction of sp³-hybridized carbons (Fsp3) is 0.375. The van der Waals surface area contributed by atoms with Crippen LogP contribution in [0.4, 0.5) is 8.78 Å². The molecule has 8 heteroatoms. The van der Waals surface area contributed by atoms with Crippen molar-refractivity contribution in [1.82, 2.24) is 0 Å². The number of rotatable bonds is 8. The molecule has 0 bridgehead atoms. The zero-order valence-corrected chi connectivity index (χ0v) is 16.6. The van der Waals surface area contributed by atoms with Crippen LogP contribution >= 0.6 is 38.5 Å². The second-order valence-electron chi connectivity index (χ2n) is 4.81. The number of esters is 2. The summed E-state index contributed by atoms with van der Waals surface area (Å²) in [4.78, 5) is 22.6. The van der Waals surface area contributed by atoms with Crippen LogP contribution in [0.1, 0.15) is 29.6 Å². The molecule has 0 aliphatic rings. The molecular formula is C16H16BrF2IO4. The van der Waals surface area contributed by atoms with Gasteiger partial charge in [-0.3, -0.25) is 0 Å². The van der Waals surface area contributed by atoms with E-state index in [-0.39, 0.29) is 6.61 Å². The Morgan fingerprint density at radius 3 is 2.46 bits per heavy atom. The van der Waals surface area contributed by atoms with Crippen LogP contribution in [0.15, 0.2) is 38.4 Å². The highest BCUT2D eigenvalue weighted by molar-refractivity contribution is 14.1. The second-order valence-corrected chi connectivity index (χ2v) is 7.11. The SMILES string of the molecule is COC(=O)C(F)(F)C=C(I)CCCCOC(=O)c1ccc(Br)cc1. The number of hydrogen-bond acceptors (Lipinski definition) is 4. The lowest BCUT2D eigenvalue weighted by molar-refractivity contribution is -0.161. The van der Waals surface area contributed by atoms with E-state index in [1.807, 2.05) is 0 Å². The molecule has 0 unspecified atom stereocenters. The molecule has 0 heterocycles. The van der Waals surface area contributed by atoms with Gasteiger partial charge in [-0.2, -0.15) is 8.78 Å². The highest BCUT2D eigenvalue weighted by Crippen LogP contribution is 2.25. The molecule has 0 N–H and O–H groups in total. The van der Waals surface area contributed by atoms with Crippen molar-refractivity contribution >= 4 is 50.5 Å². The van der Waals surface area contributed by atoms with Crippen molar-refractivity contribution in [3.63, 3.8) is 0 Å². The van der Waals surface area contributed by atoms with E-state index in [9.17, 15) is 18.4 Å². The van der Waals surface area contributed by atoms with Gasteiger partial charge in [0.25, 0.3) is 0 Å². The molecule has 1 rings (SSSR count). The first-order valence-corrected chi connectivity index (χ1v) is 8.89. The van der Waals surface area contributed by atoms with Crippen molar-refractivity contribution in [2.75, 3.05) is 13.7 Å². The minimum atomic E-state index is -3.63. The van der Waals surface area contributed by atoms with Crippen molar-refractivity contribution < 1.29 is 27.8 Å². The number of benzene rings is 1. The lowest BCUT2D eigenvalue weighted by atomic mass is 10.2. The number of carbonyl (C=O) groups excluding carboxylic acids is 2. The molecule has 0 saturated heterocycles. The Morgan fingerprint density at radius 1 is 1.25 bits per heavy atom. The summed E-state index contributed by atoms with van der Waals surface area (Å²) in [6.07, 6.45) is 2.04. The Balaban J connectivity index is 2.32. The third-order valence-corrected chi connectivity index (χ3v) is 4.30. The maximum absolute atomic E-state index is 13.3. The fourth-order valence-electron chi connectivity index (χ4n) is 1.69. The topological polar surface area (TPSA) is 52.6 Å². The maximum atomic E-state index is 13.3. The van der Waals surface area contributed by atoms with Gasteiger partial charge in [0.15, 0.2) is 0 Å². The smallest absolute Gasteiger partial charge is 0.381 e. The fourth-order valence-corrected chi connectivity index (χ4v) is 2.73. The van der Waals surface area contributed by atoms with Gasteiger partial charge in [-0.1, -0.05) is 15.9 Å². The number of hydrogen-bond donors (Lipinski definition) is 0. The predicted molar refractivity (Wildman–Crippen MR) is 97.3 cm³/mol. The molecule has 0 spiro atoms. The molecule has 0 atom stereocenters. The third kappa shape index (κ3) is 7.25. The molecule has 0 fully saturated rings. The highest BCUT2D eigenvalue weighted by Gasteiger charge is 2.37. The van der Waals surface area contributed by atoms with Crippen molar-refractivity contribution in [3.8, 4) is 0 Å². The Kier molecular flexibility index (Phi) is 8.82. The second kappa shape index (κ2) is 10.1. The number of methoxy groups -OCH3 is 1. The molecule has 132 valence electrons. The molecule has 0 radical (unpaired) electrons. The number of carbonyl (C=O) groups is 2. The largest absolute Gasteiger partial charge is 0.464 e. The standard InChI is InChI=1S/C16H16BrF2IO4/c1-23-15(22)16(18,19)10-13(20)4-2-3-9-24-14(21)11-5-7-12(17)8-6-11/h5-8,10H,2-4,9H2,1H3. The molecule has 0 aliphatic heterocycles. The summed E-state index contributed by atoms with van der Waals surface area (Å²) in [6, 6.07) is 6.77. The van der Waals surface area contributed by atoms with E-state index in [2.05, 4.69) is 20.7 Å². The number of ether oxygens (including phenoxy) is 2. The molecule has 4 nitrogen and oxygen atoms in total.